The largest absolute Gasteiger partial charge is 0.452 e. The quantitative estimate of drug-likeness (QED) is 0.0630. The molecule has 0 amide bonds. The second kappa shape index (κ2) is 14.9. The smallest absolute Gasteiger partial charge is 0.338 e. The van der Waals surface area contributed by atoms with Crippen LogP contribution in [0.4, 0.5) is 0 Å². The molecule has 1 saturated heterocycles. The Labute approximate surface area is 278 Å². The Balaban J connectivity index is 1.65. The first kappa shape index (κ1) is 34.6. The minimum Gasteiger partial charge on any atom is -0.452 e. The molecule has 5 atom stereocenters. The third-order valence-electron chi connectivity index (χ3n) is 8.32. The lowest BCUT2D eigenvalue weighted by molar-refractivity contribution is -0.153. The van der Waals surface area contributed by atoms with Crippen molar-refractivity contribution in [1.82, 2.24) is 0 Å². The molecule has 0 N–H and O–H groups in total. The van der Waals surface area contributed by atoms with Gasteiger partial charge in [-0.15, -0.1) is 0 Å². The predicted octanol–water partition coefficient (Wildman–Crippen LogP) is 7.71. The highest BCUT2D eigenvalue weighted by Crippen LogP contribution is 2.39. The number of benzene rings is 3. The van der Waals surface area contributed by atoms with Crippen LogP contribution in [0.3, 0.4) is 0 Å². The average Bonchev–Trinajstić information content (AvgIpc) is 3.32. The summed E-state index contributed by atoms with van der Waals surface area (Å²) in [4.78, 5) is 13.3. The van der Waals surface area contributed by atoms with Crippen LogP contribution in [0.2, 0.25) is 5.04 Å². The highest BCUT2D eigenvalue weighted by Gasteiger charge is 2.51. The minimum atomic E-state index is -2.73. The Kier molecular flexibility index (Phi) is 11.7. The standard InChI is InChI=1S/C37H47IO5Si/c1-27(28(2)43-44(36(3,4)5,30-19-13-9-14-20-30)31-21-15-10-16-22-31)23-24-32(40-35(39)29-17-11-8-12-18-29)34-33(25-26-38)41-37(6,7)42-34/h8-24,27-28,32-34H,25-26H2,1-7H3/t27-,28+,32?,33?,34?/m1/s1. The Morgan fingerprint density at radius 1 is 0.886 bits per heavy atom. The van der Waals surface area contributed by atoms with Crippen LogP contribution < -0.4 is 10.4 Å². The van der Waals surface area contributed by atoms with Crippen molar-refractivity contribution in [3.63, 3.8) is 0 Å². The number of hydrogen-bond acceptors (Lipinski definition) is 5. The van der Waals surface area contributed by atoms with Gasteiger partial charge in [0.2, 0.25) is 0 Å². The lowest BCUT2D eigenvalue weighted by Crippen LogP contribution is -2.67. The second-order valence-electron chi connectivity index (χ2n) is 13.1. The SMILES string of the molecule is C[C@H](C=CC(OC(=O)c1ccccc1)C1OC(C)(C)OC1CCI)[C@H](C)O[Si](c1ccccc1)(c1ccccc1)C(C)(C)C. The van der Waals surface area contributed by atoms with Gasteiger partial charge in [-0.25, -0.2) is 4.79 Å². The first-order chi connectivity index (χ1) is 20.9. The van der Waals surface area contributed by atoms with Gasteiger partial charge >= 0.3 is 5.97 Å². The van der Waals surface area contributed by atoms with Crippen molar-refractivity contribution >= 4 is 47.3 Å². The lowest BCUT2D eigenvalue weighted by atomic mass is 10.0. The first-order valence-corrected chi connectivity index (χ1v) is 19.0. The molecule has 1 aliphatic heterocycles. The van der Waals surface area contributed by atoms with Crippen LogP contribution in [0, 0.1) is 5.92 Å². The molecule has 3 unspecified atom stereocenters. The van der Waals surface area contributed by atoms with Crippen LogP contribution >= 0.6 is 22.6 Å². The molecule has 44 heavy (non-hydrogen) atoms. The summed E-state index contributed by atoms with van der Waals surface area (Å²) in [6.45, 7) is 15.0. The Morgan fingerprint density at radius 2 is 1.41 bits per heavy atom. The number of ether oxygens (including phenoxy) is 3. The maximum absolute atomic E-state index is 13.3. The second-order valence-corrected chi connectivity index (χ2v) is 18.4. The number of halogens is 1. The zero-order valence-corrected chi connectivity index (χ0v) is 30.2. The van der Waals surface area contributed by atoms with E-state index >= 15 is 0 Å². The number of hydrogen-bond donors (Lipinski definition) is 0. The van der Waals surface area contributed by atoms with Crippen LogP contribution in [0.25, 0.3) is 0 Å². The third kappa shape index (κ3) is 8.09. The molecule has 0 bridgehead atoms. The maximum Gasteiger partial charge on any atom is 0.338 e. The van der Waals surface area contributed by atoms with E-state index in [0.717, 1.165) is 10.8 Å². The minimum absolute atomic E-state index is 0.0212. The molecular formula is C37H47IO5Si. The summed E-state index contributed by atoms with van der Waals surface area (Å²) in [5, 5.41) is 2.36. The molecule has 0 aromatic heterocycles. The van der Waals surface area contributed by atoms with Crippen LogP contribution in [0.5, 0.6) is 0 Å². The highest BCUT2D eigenvalue weighted by atomic mass is 127. The lowest BCUT2D eigenvalue weighted by Gasteiger charge is -2.45. The molecule has 0 spiro atoms. The van der Waals surface area contributed by atoms with Gasteiger partial charge in [0, 0.05) is 10.5 Å². The molecule has 0 radical (unpaired) electrons. The molecule has 1 heterocycles. The monoisotopic (exact) mass is 726 g/mol. The maximum atomic E-state index is 13.3. The zero-order chi connectivity index (χ0) is 32.0. The van der Waals surface area contributed by atoms with Crippen molar-refractivity contribution < 1.29 is 23.4 Å². The fraction of sp³-hybridized carbons (Fsp3) is 0.432. The number of rotatable bonds is 12. The van der Waals surface area contributed by atoms with Crippen LogP contribution in [0.15, 0.2) is 103 Å². The van der Waals surface area contributed by atoms with E-state index in [1.165, 1.54) is 10.4 Å². The van der Waals surface area contributed by atoms with Crippen molar-refractivity contribution in [3.8, 4) is 0 Å². The molecule has 1 fully saturated rings. The van der Waals surface area contributed by atoms with E-state index in [4.69, 9.17) is 18.6 Å². The molecule has 236 valence electrons. The van der Waals surface area contributed by atoms with Gasteiger partial charge in [0.15, 0.2) is 5.79 Å². The summed E-state index contributed by atoms with van der Waals surface area (Å²) in [6.07, 6.45) is 3.52. The summed E-state index contributed by atoms with van der Waals surface area (Å²) in [5.74, 6) is -1.13. The predicted molar refractivity (Wildman–Crippen MR) is 189 cm³/mol. The molecule has 7 heteroatoms. The average molecular weight is 727 g/mol. The molecular weight excluding hydrogens is 679 g/mol. The van der Waals surface area contributed by atoms with Crippen molar-refractivity contribution in [3.05, 3.63) is 109 Å². The van der Waals surface area contributed by atoms with Crippen molar-refractivity contribution in [1.29, 1.82) is 0 Å². The fourth-order valence-corrected chi connectivity index (χ4v) is 11.4. The summed E-state index contributed by atoms with van der Waals surface area (Å²) < 4.78 is 27.0. The fourth-order valence-electron chi connectivity index (χ4n) is 5.97. The Morgan fingerprint density at radius 3 is 1.91 bits per heavy atom. The van der Waals surface area contributed by atoms with Crippen LogP contribution in [-0.4, -0.2) is 48.9 Å². The van der Waals surface area contributed by atoms with Crippen molar-refractivity contribution in [2.75, 3.05) is 4.43 Å². The van der Waals surface area contributed by atoms with Gasteiger partial charge in [-0.05, 0) is 66.7 Å². The van der Waals surface area contributed by atoms with E-state index in [9.17, 15) is 4.79 Å². The molecule has 3 aromatic carbocycles. The Hall–Kier alpha value is -2.30. The van der Waals surface area contributed by atoms with Gasteiger partial charge < -0.3 is 18.6 Å². The van der Waals surface area contributed by atoms with Gasteiger partial charge in [-0.3, -0.25) is 0 Å². The molecule has 0 aliphatic carbocycles. The summed E-state index contributed by atoms with van der Waals surface area (Å²) in [5.41, 5.74) is 0.506. The van der Waals surface area contributed by atoms with Crippen molar-refractivity contribution in [2.45, 2.75) is 90.1 Å². The van der Waals surface area contributed by atoms with E-state index < -0.39 is 26.3 Å². The van der Waals surface area contributed by atoms with Gasteiger partial charge in [0.1, 0.15) is 12.2 Å². The molecule has 4 rings (SSSR count). The third-order valence-corrected chi connectivity index (χ3v) is 14.1. The van der Waals surface area contributed by atoms with E-state index in [-0.39, 0.29) is 29.1 Å². The number of esters is 1. The molecule has 1 aliphatic rings. The van der Waals surface area contributed by atoms with Gasteiger partial charge in [0.25, 0.3) is 8.32 Å². The van der Waals surface area contributed by atoms with E-state index in [2.05, 4.69) is 124 Å². The zero-order valence-electron chi connectivity index (χ0n) is 27.0. The molecule has 0 saturated carbocycles. The number of alkyl halides is 1. The van der Waals surface area contributed by atoms with Gasteiger partial charge in [-0.1, -0.05) is 135 Å². The van der Waals surface area contributed by atoms with Gasteiger partial charge in [-0.2, -0.15) is 0 Å². The van der Waals surface area contributed by atoms with Crippen LogP contribution in [0.1, 0.15) is 65.2 Å². The first-order valence-electron chi connectivity index (χ1n) is 15.5. The number of carbonyl (C=O) groups excluding carboxylic acids is 1. The summed E-state index contributed by atoms with van der Waals surface area (Å²) in [7, 11) is -2.73. The van der Waals surface area contributed by atoms with Crippen LogP contribution in [-0.2, 0) is 18.6 Å². The van der Waals surface area contributed by atoms with Crippen molar-refractivity contribution in [2.24, 2.45) is 5.92 Å². The highest BCUT2D eigenvalue weighted by molar-refractivity contribution is 14.1. The molecule has 3 aromatic rings. The normalized spacial score (nSPS) is 20.7. The summed E-state index contributed by atoms with van der Waals surface area (Å²) in [6, 6.07) is 30.5. The van der Waals surface area contributed by atoms with Gasteiger partial charge in [0.05, 0.1) is 11.7 Å². The van der Waals surface area contributed by atoms with E-state index in [1.54, 1.807) is 12.1 Å². The Bertz CT molecular complexity index is 1320. The summed E-state index contributed by atoms with van der Waals surface area (Å²) >= 11 is 2.35. The van der Waals surface area contributed by atoms with E-state index in [0.29, 0.717) is 5.56 Å². The topological polar surface area (TPSA) is 54.0 Å². The van der Waals surface area contributed by atoms with E-state index in [1.807, 2.05) is 38.1 Å². The number of carbonyl (C=O) groups is 1. The molecule has 5 nitrogen and oxygen atoms in total.